The van der Waals surface area contributed by atoms with Gasteiger partial charge in [-0.05, 0) is 64.0 Å². The van der Waals surface area contributed by atoms with Crippen molar-refractivity contribution in [3.05, 3.63) is 29.8 Å². The van der Waals surface area contributed by atoms with Crippen LogP contribution >= 0.6 is 0 Å². The summed E-state index contributed by atoms with van der Waals surface area (Å²) in [6.07, 6.45) is 5.72. The average molecular weight is 465 g/mol. The molecule has 1 aliphatic carbocycles. The first-order valence-electron chi connectivity index (χ1n) is 11.6. The summed E-state index contributed by atoms with van der Waals surface area (Å²) in [7, 11) is 0.517. The maximum atomic E-state index is 12.5. The first-order valence-corrected chi connectivity index (χ1v) is 13.0. The van der Waals surface area contributed by atoms with Crippen LogP contribution in [0.3, 0.4) is 0 Å². The van der Waals surface area contributed by atoms with Crippen LogP contribution in [-0.2, 0) is 26.0 Å². The highest BCUT2D eigenvalue weighted by Gasteiger charge is 2.33. The minimum absolute atomic E-state index is 0.0428. The van der Waals surface area contributed by atoms with Gasteiger partial charge < -0.3 is 15.1 Å². The predicted octanol–water partition coefficient (Wildman–Crippen LogP) is 1.37. The Labute approximate surface area is 191 Å². The molecule has 1 saturated carbocycles. The van der Waals surface area contributed by atoms with E-state index in [1.54, 1.807) is 29.2 Å². The van der Waals surface area contributed by atoms with Gasteiger partial charge in [-0.25, -0.2) is 13.1 Å². The molecule has 1 unspecified atom stereocenters. The zero-order chi connectivity index (χ0) is 23.1. The van der Waals surface area contributed by atoms with E-state index in [0.29, 0.717) is 26.1 Å². The van der Waals surface area contributed by atoms with Crippen LogP contribution in [0.4, 0.5) is 0 Å². The Balaban J connectivity index is 1.41. The Hall–Kier alpha value is -1.97. The zero-order valence-corrected chi connectivity index (χ0v) is 20.0. The van der Waals surface area contributed by atoms with Crippen LogP contribution in [0.15, 0.2) is 29.2 Å². The van der Waals surface area contributed by atoms with Gasteiger partial charge in [0.05, 0.1) is 10.8 Å². The Bertz CT molecular complexity index is 880. The maximum Gasteiger partial charge on any atom is 0.240 e. The molecule has 0 bridgehead atoms. The summed E-state index contributed by atoms with van der Waals surface area (Å²) in [5.74, 6) is -0.337. The third-order valence-corrected chi connectivity index (χ3v) is 7.78. The van der Waals surface area contributed by atoms with E-state index in [9.17, 15) is 18.0 Å². The second kappa shape index (κ2) is 11.2. The number of sulfonamides is 1. The maximum absolute atomic E-state index is 12.5. The van der Waals surface area contributed by atoms with Crippen molar-refractivity contribution >= 4 is 21.8 Å². The Kier molecular flexibility index (Phi) is 8.67. The van der Waals surface area contributed by atoms with Gasteiger partial charge in [0, 0.05) is 32.1 Å². The van der Waals surface area contributed by atoms with Gasteiger partial charge in [-0.15, -0.1) is 0 Å². The van der Waals surface area contributed by atoms with Crippen LogP contribution in [0.5, 0.6) is 0 Å². The SMILES string of the molecule is CN(C)CCCN1CC(C(=O)NCCc2ccc(S(=O)(=O)NC3CCCC3)cc2)CC1=O. The monoisotopic (exact) mass is 464 g/mol. The van der Waals surface area contributed by atoms with Gasteiger partial charge in [-0.2, -0.15) is 0 Å². The Morgan fingerprint density at radius 3 is 2.50 bits per heavy atom. The molecule has 2 aliphatic rings. The number of benzene rings is 1. The second-order valence-corrected chi connectivity index (χ2v) is 10.9. The molecular weight excluding hydrogens is 428 g/mol. The van der Waals surface area contributed by atoms with E-state index < -0.39 is 10.0 Å². The Morgan fingerprint density at radius 1 is 1.16 bits per heavy atom. The third-order valence-electron chi connectivity index (χ3n) is 6.24. The summed E-state index contributed by atoms with van der Waals surface area (Å²) in [5.41, 5.74) is 0.956. The lowest BCUT2D eigenvalue weighted by molar-refractivity contribution is -0.129. The third kappa shape index (κ3) is 7.02. The predicted molar refractivity (Wildman–Crippen MR) is 124 cm³/mol. The molecule has 1 aliphatic heterocycles. The standard InChI is InChI=1S/C23H36N4O4S/c1-26(2)14-5-15-27-17-19(16-22(27)28)23(29)24-13-12-18-8-10-21(11-9-18)32(30,31)25-20-6-3-4-7-20/h8-11,19-20,25H,3-7,12-17H2,1-2H3,(H,24,29). The molecule has 2 N–H and O–H groups in total. The first kappa shape index (κ1) is 24.7. The lowest BCUT2D eigenvalue weighted by Crippen LogP contribution is -2.34. The first-order chi connectivity index (χ1) is 15.2. The van der Waals surface area contributed by atoms with Crippen LogP contribution in [0.25, 0.3) is 0 Å². The van der Waals surface area contributed by atoms with Gasteiger partial charge in [0.15, 0.2) is 0 Å². The molecule has 1 aromatic carbocycles. The molecular formula is C23H36N4O4S. The average Bonchev–Trinajstić information content (AvgIpc) is 3.37. The number of carbonyl (C=O) groups is 2. The molecule has 1 aromatic rings. The van der Waals surface area contributed by atoms with Crippen molar-refractivity contribution in [1.82, 2.24) is 19.8 Å². The van der Waals surface area contributed by atoms with Gasteiger partial charge >= 0.3 is 0 Å². The summed E-state index contributed by atoms with van der Waals surface area (Å²) in [6.45, 7) is 2.54. The normalized spacial score (nSPS) is 19.8. The summed E-state index contributed by atoms with van der Waals surface area (Å²) in [5, 5.41) is 2.92. The summed E-state index contributed by atoms with van der Waals surface area (Å²) in [6, 6.07) is 6.87. The zero-order valence-electron chi connectivity index (χ0n) is 19.2. The Morgan fingerprint density at radius 2 is 1.84 bits per heavy atom. The van der Waals surface area contributed by atoms with E-state index in [0.717, 1.165) is 44.2 Å². The number of nitrogens with zero attached hydrogens (tertiary/aromatic N) is 2. The number of nitrogens with one attached hydrogen (secondary N) is 2. The molecule has 0 aromatic heterocycles. The second-order valence-electron chi connectivity index (χ2n) is 9.19. The van der Waals surface area contributed by atoms with Gasteiger partial charge in [0.25, 0.3) is 0 Å². The highest BCUT2D eigenvalue weighted by molar-refractivity contribution is 7.89. The molecule has 3 rings (SSSR count). The summed E-state index contributed by atoms with van der Waals surface area (Å²) >= 11 is 0. The van der Waals surface area contributed by atoms with E-state index in [-0.39, 0.29) is 35.1 Å². The van der Waals surface area contributed by atoms with Crippen molar-refractivity contribution in [1.29, 1.82) is 0 Å². The smallest absolute Gasteiger partial charge is 0.240 e. The minimum Gasteiger partial charge on any atom is -0.355 e. The van der Waals surface area contributed by atoms with Gasteiger partial charge in [0.2, 0.25) is 21.8 Å². The quantitative estimate of drug-likeness (QED) is 0.515. The van der Waals surface area contributed by atoms with Crippen LogP contribution < -0.4 is 10.0 Å². The fourth-order valence-corrected chi connectivity index (χ4v) is 5.69. The number of rotatable bonds is 11. The molecule has 1 heterocycles. The largest absolute Gasteiger partial charge is 0.355 e. The fraction of sp³-hybridized carbons (Fsp3) is 0.652. The van der Waals surface area contributed by atoms with E-state index >= 15 is 0 Å². The molecule has 32 heavy (non-hydrogen) atoms. The lowest BCUT2D eigenvalue weighted by Gasteiger charge is -2.18. The molecule has 1 atom stereocenters. The number of amides is 2. The lowest BCUT2D eigenvalue weighted by atomic mass is 10.1. The van der Waals surface area contributed by atoms with E-state index in [4.69, 9.17) is 0 Å². The number of likely N-dealkylation sites (tertiary alicyclic amines) is 1. The number of carbonyl (C=O) groups excluding carboxylic acids is 2. The van der Waals surface area contributed by atoms with Gasteiger partial charge in [-0.3, -0.25) is 9.59 Å². The molecule has 9 heteroatoms. The van der Waals surface area contributed by atoms with Crippen molar-refractivity contribution in [2.75, 3.05) is 40.3 Å². The van der Waals surface area contributed by atoms with Crippen molar-refractivity contribution in [2.24, 2.45) is 5.92 Å². The molecule has 0 spiro atoms. The van der Waals surface area contributed by atoms with Crippen LogP contribution in [0.1, 0.15) is 44.1 Å². The van der Waals surface area contributed by atoms with E-state index in [1.165, 1.54) is 0 Å². The highest BCUT2D eigenvalue weighted by Crippen LogP contribution is 2.21. The van der Waals surface area contributed by atoms with E-state index in [2.05, 4.69) is 14.9 Å². The topological polar surface area (TPSA) is 98.8 Å². The number of hydrogen-bond donors (Lipinski definition) is 2. The molecule has 0 radical (unpaired) electrons. The molecule has 1 saturated heterocycles. The van der Waals surface area contributed by atoms with E-state index in [1.807, 2.05) is 14.1 Å². The van der Waals surface area contributed by atoms with Crippen LogP contribution in [0.2, 0.25) is 0 Å². The van der Waals surface area contributed by atoms with Crippen molar-refractivity contribution in [2.45, 2.75) is 55.9 Å². The van der Waals surface area contributed by atoms with Crippen molar-refractivity contribution in [3.8, 4) is 0 Å². The molecule has 2 amide bonds. The van der Waals surface area contributed by atoms with Crippen molar-refractivity contribution < 1.29 is 18.0 Å². The van der Waals surface area contributed by atoms with Crippen molar-refractivity contribution in [3.63, 3.8) is 0 Å². The summed E-state index contributed by atoms with van der Waals surface area (Å²) in [4.78, 5) is 28.8. The molecule has 8 nitrogen and oxygen atoms in total. The molecule has 178 valence electrons. The van der Waals surface area contributed by atoms with Gasteiger partial charge in [0.1, 0.15) is 0 Å². The number of hydrogen-bond acceptors (Lipinski definition) is 5. The summed E-state index contributed by atoms with van der Waals surface area (Å²) < 4.78 is 27.8. The van der Waals surface area contributed by atoms with Crippen LogP contribution in [-0.4, -0.2) is 76.3 Å². The fourth-order valence-electron chi connectivity index (χ4n) is 4.38. The molecule has 2 fully saturated rings. The van der Waals surface area contributed by atoms with Gasteiger partial charge in [-0.1, -0.05) is 25.0 Å². The minimum atomic E-state index is -3.49. The highest BCUT2D eigenvalue weighted by atomic mass is 32.2. The van der Waals surface area contributed by atoms with Crippen LogP contribution in [0, 0.1) is 5.92 Å².